The van der Waals surface area contributed by atoms with Gasteiger partial charge in [-0.25, -0.2) is 9.37 Å². The zero-order chi connectivity index (χ0) is 13.5. The molecule has 4 nitrogen and oxygen atoms in total. The van der Waals surface area contributed by atoms with Crippen molar-refractivity contribution in [2.24, 2.45) is 0 Å². The number of halogens is 1. The van der Waals surface area contributed by atoms with Gasteiger partial charge in [-0.3, -0.25) is 0 Å². The normalized spacial score (nSPS) is 11.0. The average molecular weight is 254 g/mol. The first-order valence-electron chi connectivity index (χ1n) is 6.26. The number of aromatic nitrogens is 1. The summed E-state index contributed by atoms with van der Waals surface area (Å²) in [6, 6.07) is 1.72. The van der Waals surface area contributed by atoms with Gasteiger partial charge in [-0.1, -0.05) is 6.92 Å². The SMILES string of the molecule is CCNCc1ccnc(N(C)CCN(C)C)c1F. The molecule has 0 unspecified atom stereocenters. The maximum Gasteiger partial charge on any atom is 0.170 e. The second-order valence-electron chi connectivity index (χ2n) is 4.61. The summed E-state index contributed by atoms with van der Waals surface area (Å²) in [5.74, 6) is 0.201. The Hall–Kier alpha value is -1.20. The van der Waals surface area contributed by atoms with Crippen LogP contribution < -0.4 is 10.2 Å². The summed E-state index contributed by atoms with van der Waals surface area (Å²) in [5, 5.41) is 3.13. The van der Waals surface area contributed by atoms with E-state index in [1.807, 2.05) is 33.0 Å². The lowest BCUT2D eigenvalue weighted by Crippen LogP contribution is -2.30. The second-order valence-corrected chi connectivity index (χ2v) is 4.61. The molecular formula is C13H23FN4. The van der Waals surface area contributed by atoms with Gasteiger partial charge in [0, 0.05) is 38.4 Å². The molecule has 18 heavy (non-hydrogen) atoms. The summed E-state index contributed by atoms with van der Waals surface area (Å²) in [4.78, 5) is 8.05. The van der Waals surface area contributed by atoms with Gasteiger partial charge in [0.05, 0.1) is 0 Å². The Kier molecular flexibility index (Phi) is 6.01. The van der Waals surface area contributed by atoms with Gasteiger partial charge in [-0.15, -0.1) is 0 Å². The van der Waals surface area contributed by atoms with Crippen LogP contribution in [0.1, 0.15) is 12.5 Å². The lowest BCUT2D eigenvalue weighted by Gasteiger charge is -2.21. The van der Waals surface area contributed by atoms with Crippen LogP contribution in [0.4, 0.5) is 10.2 Å². The highest BCUT2D eigenvalue weighted by Crippen LogP contribution is 2.18. The van der Waals surface area contributed by atoms with Crippen molar-refractivity contribution < 1.29 is 4.39 Å². The van der Waals surface area contributed by atoms with Crippen molar-refractivity contribution in [2.75, 3.05) is 45.7 Å². The Morgan fingerprint density at radius 3 is 2.61 bits per heavy atom. The van der Waals surface area contributed by atoms with Crippen molar-refractivity contribution >= 4 is 5.82 Å². The second kappa shape index (κ2) is 7.28. The third kappa shape index (κ3) is 4.23. The number of nitrogens with one attached hydrogen (secondary N) is 1. The fourth-order valence-corrected chi connectivity index (χ4v) is 1.59. The van der Waals surface area contributed by atoms with E-state index in [1.54, 1.807) is 12.3 Å². The van der Waals surface area contributed by atoms with Gasteiger partial charge in [0.25, 0.3) is 0 Å². The van der Waals surface area contributed by atoms with Crippen molar-refractivity contribution in [3.8, 4) is 0 Å². The van der Waals surface area contributed by atoms with Crippen LogP contribution in [0, 0.1) is 5.82 Å². The first-order chi connectivity index (χ1) is 8.56. The number of likely N-dealkylation sites (N-methyl/N-ethyl adjacent to an activating group) is 2. The minimum absolute atomic E-state index is 0.222. The van der Waals surface area contributed by atoms with E-state index in [4.69, 9.17) is 0 Å². The minimum Gasteiger partial charge on any atom is -0.356 e. The maximum atomic E-state index is 14.2. The highest BCUT2D eigenvalue weighted by molar-refractivity contribution is 5.42. The lowest BCUT2D eigenvalue weighted by molar-refractivity contribution is 0.415. The van der Waals surface area contributed by atoms with Gasteiger partial charge in [-0.05, 0) is 26.7 Å². The fourth-order valence-electron chi connectivity index (χ4n) is 1.59. The number of rotatable bonds is 7. The molecule has 0 saturated carbocycles. The van der Waals surface area contributed by atoms with Gasteiger partial charge in [0.2, 0.25) is 0 Å². The Morgan fingerprint density at radius 1 is 1.28 bits per heavy atom. The quantitative estimate of drug-likeness (QED) is 0.795. The van der Waals surface area contributed by atoms with E-state index in [0.717, 1.165) is 19.6 Å². The molecule has 1 N–H and O–H groups in total. The van der Waals surface area contributed by atoms with Crippen LogP contribution in [0.2, 0.25) is 0 Å². The number of hydrogen-bond donors (Lipinski definition) is 1. The molecule has 0 bridgehead atoms. The average Bonchev–Trinajstić information content (AvgIpc) is 2.34. The molecule has 0 amide bonds. The highest BCUT2D eigenvalue weighted by Gasteiger charge is 2.12. The van der Waals surface area contributed by atoms with E-state index in [0.29, 0.717) is 17.9 Å². The van der Waals surface area contributed by atoms with Crippen LogP contribution in [-0.2, 0) is 6.54 Å². The largest absolute Gasteiger partial charge is 0.356 e. The first kappa shape index (κ1) is 14.9. The molecule has 0 spiro atoms. The summed E-state index contributed by atoms with van der Waals surface area (Å²) in [5.41, 5.74) is 0.665. The number of anilines is 1. The van der Waals surface area contributed by atoms with E-state index in [2.05, 4.69) is 15.2 Å². The lowest BCUT2D eigenvalue weighted by atomic mass is 10.2. The molecule has 1 aromatic rings. The minimum atomic E-state index is -0.222. The Bertz CT molecular complexity index is 368. The summed E-state index contributed by atoms with van der Waals surface area (Å²) >= 11 is 0. The van der Waals surface area contributed by atoms with Crippen molar-refractivity contribution in [1.82, 2.24) is 15.2 Å². The molecule has 0 saturated heterocycles. The van der Waals surface area contributed by atoms with Gasteiger partial charge in [0.15, 0.2) is 11.6 Å². The standard InChI is InChI=1S/C13H23FN4/c1-5-15-10-11-6-7-16-13(12(11)14)18(4)9-8-17(2)3/h6-7,15H,5,8-10H2,1-4H3. The monoisotopic (exact) mass is 254 g/mol. The molecule has 0 aliphatic carbocycles. The van der Waals surface area contributed by atoms with Gasteiger partial charge in [-0.2, -0.15) is 0 Å². The molecule has 5 heteroatoms. The fraction of sp³-hybridized carbons (Fsp3) is 0.615. The van der Waals surface area contributed by atoms with Crippen molar-refractivity contribution in [3.05, 3.63) is 23.6 Å². The molecule has 1 aromatic heterocycles. The predicted octanol–water partition coefficient (Wildman–Crippen LogP) is 1.33. The smallest absolute Gasteiger partial charge is 0.170 e. The summed E-state index contributed by atoms with van der Waals surface area (Å²) in [7, 11) is 5.87. The van der Waals surface area contributed by atoms with Crippen LogP contribution >= 0.6 is 0 Å². The number of nitrogens with zero attached hydrogens (tertiary/aromatic N) is 3. The zero-order valence-electron chi connectivity index (χ0n) is 11.7. The Morgan fingerprint density at radius 2 is 2.00 bits per heavy atom. The first-order valence-corrected chi connectivity index (χ1v) is 6.26. The molecule has 1 rings (SSSR count). The van der Waals surface area contributed by atoms with Gasteiger partial charge >= 0.3 is 0 Å². The topological polar surface area (TPSA) is 31.4 Å². The molecule has 0 aromatic carbocycles. The zero-order valence-corrected chi connectivity index (χ0v) is 11.7. The molecule has 0 atom stereocenters. The Balaban J connectivity index is 2.75. The van der Waals surface area contributed by atoms with Crippen LogP contribution in [-0.4, -0.2) is 50.7 Å². The number of pyridine rings is 1. The molecule has 1 heterocycles. The van der Waals surface area contributed by atoms with Crippen molar-refractivity contribution in [2.45, 2.75) is 13.5 Å². The maximum absolute atomic E-state index is 14.2. The van der Waals surface area contributed by atoms with E-state index >= 15 is 0 Å². The highest BCUT2D eigenvalue weighted by atomic mass is 19.1. The number of hydrogen-bond acceptors (Lipinski definition) is 4. The predicted molar refractivity (Wildman–Crippen MR) is 73.4 cm³/mol. The molecule has 0 fully saturated rings. The van der Waals surface area contributed by atoms with E-state index < -0.39 is 0 Å². The van der Waals surface area contributed by atoms with E-state index in [9.17, 15) is 4.39 Å². The van der Waals surface area contributed by atoms with Crippen molar-refractivity contribution in [3.63, 3.8) is 0 Å². The summed E-state index contributed by atoms with van der Waals surface area (Å²) in [6.45, 7) is 4.99. The van der Waals surface area contributed by atoms with Crippen molar-refractivity contribution in [1.29, 1.82) is 0 Å². The Labute approximate surface area is 109 Å². The molecule has 0 radical (unpaired) electrons. The van der Waals surface area contributed by atoms with E-state index in [-0.39, 0.29) is 5.82 Å². The van der Waals surface area contributed by atoms with Gasteiger partial charge < -0.3 is 15.1 Å². The third-order valence-electron chi connectivity index (χ3n) is 2.76. The van der Waals surface area contributed by atoms with Crippen LogP contribution in [0.25, 0.3) is 0 Å². The summed E-state index contributed by atoms with van der Waals surface area (Å²) < 4.78 is 14.2. The molecular weight excluding hydrogens is 231 g/mol. The third-order valence-corrected chi connectivity index (χ3v) is 2.76. The van der Waals surface area contributed by atoms with Crippen LogP contribution in [0.15, 0.2) is 12.3 Å². The van der Waals surface area contributed by atoms with Gasteiger partial charge in [0.1, 0.15) is 0 Å². The van der Waals surface area contributed by atoms with Crippen LogP contribution in [0.5, 0.6) is 0 Å². The molecule has 0 aliphatic rings. The molecule has 102 valence electrons. The summed E-state index contributed by atoms with van der Waals surface area (Å²) in [6.07, 6.45) is 1.66. The van der Waals surface area contributed by atoms with E-state index in [1.165, 1.54) is 0 Å². The molecule has 0 aliphatic heterocycles. The van der Waals surface area contributed by atoms with Crippen LogP contribution in [0.3, 0.4) is 0 Å².